The van der Waals surface area contributed by atoms with E-state index >= 15 is 0 Å². The summed E-state index contributed by atoms with van der Waals surface area (Å²) in [5, 5.41) is 9.26. The molecule has 2 atom stereocenters. The van der Waals surface area contributed by atoms with Gasteiger partial charge in [0.05, 0.1) is 12.6 Å². The molecule has 0 bridgehead atoms. The number of aliphatic imine (C=N–C) groups is 1. The van der Waals surface area contributed by atoms with E-state index in [0.29, 0.717) is 13.1 Å². The van der Waals surface area contributed by atoms with Crippen LogP contribution in [0.25, 0.3) is 0 Å². The van der Waals surface area contributed by atoms with E-state index in [1.165, 1.54) is 0 Å². The van der Waals surface area contributed by atoms with Gasteiger partial charge < -0.3 is 25.6 Å². The minimum absolute atomic E-state index is 0. The molecule has 3 N–H and O–H groups in total. The zero-order valence-electron chi connectivity index (χ0n) is 20.7. The van der Waals surface area contributed by atoms with Crippen molar-refractivity contribution in [1.29, 1.82) is 0 Å². The minimum atomic E-state index is -0.513. The summed E-state index contributed by atoms with van der Waals surface area (Å²) in [6.07, 6.45) is 1.25. The number of alkyl carbamates (subject to hydrolysis) is 1. The van der Waals surface area contributed by atoms with Gasteiger partial charge in [-0.15, -0.1) is 24.0 Å². The second-order valence-corrected chi connectivity index (χ2v) is 9.25. The van der Waals surface area contributed by atoms with Crippen LogP contribution in [0, 0.1) is 5.92 Å². The number of rotatable bonds is 7. The molecule has 1 aromatic carbocycles. The first-order valence-corrected chi connectivity index (χ1v) is 11.5. The van der Waals surface area contributed by atoms with E-state index in [4.69, 9.17) is 9.73 Å². The monoisotopic (exact) mass is 573 g/mol. The van der Waals surface area contributed by atoms with E-state index in [1.54, 1.807) is 0 Å². The van der Waals surface area contributed by atoms with Crippen molar-refractivity contribution in [1.82, 2.24) is 15.5 Å². The molecule has 1 aliphatic rings. The molecule has 1 aliphatic heterocycles. The Labute approximate surface area is 215 Å². The number of guanidine groups is 1. The number of nitrogens with zero attached hydrogens (tertiary/aromatic N) is 2. The third kappa shape index (κ3) is 10.2. The number of ether oxygens (including phenoxy) is 1. The van der Waals surface area contributed by atoms with Gasteiger partial charge in [-0.1, -0.05) is 26.0 Å². The molecule has 33 heavy (non-hydrogen) atoms. The highest BCUT2D eigenvalue weighted by atomic mass is 127. The predicted molar refractivity (Wildman–Crippen MR) is 144 cm³/mol. The molecule has 2 unspecified atom stereocenters. The van der Waals surface area contributed by atoms with Crippen molar-refractivity contribution >= 4 is 47.6 Å². The smallest absolute Gasteiger partial charge is 0.407 e. The lowest BCUT2D eigenvalue weighted by atomic mass is 10.1. The Kier molecular flexibility index (Phi) is 12.0. The summed E-state index contributed by atoms with van der Waals surface area (Å²) in [5.41, 5.74) is 1.29. The molecule has 1 fully saturated rings. The van der Waals surface area contributed by atoms with Crippen LogP contribution < -0.4 is 16.0 Å². The van der Waals surface area contributed by atoms with Gasteiger partial charge in [-0.2, -0.15) is 0 Å². The second kappa shape index (κ2) is 13.6. The summed E-state index contributed by atoms with van der Waals surface area (Å²) in [7, 11) is 0. The molecule has 0 aromatic heterocycles. The molecule has 8 nitrogen and oxygen atoms in total. The van der Waals surface area contributed by atoms with Crippen molar-refractivity contribution < 1.29 is 14.3 Å². The van der Waals surface area contributed by atoms with Gasteiger partial charge in [0, 0.05) is 31.2 Å². The second-order valence-electron chi connectivity index (χ2n) is 9.25. The van der Waals surface area contributed by atoms with Crippen molar-refractivity contribution in [3.63, 3.8) is 0 Å². The van der Waals surface area contributed by atoms with Gasteiger partial charge in [-0.25, -0.2) is 9.79 Å². The van der Waals surface area contributed by atoms with Crippen LogP contribution in [0.2, 0.25) is 0 Å². The van der Waals surface area contributed by atoms with E-state index < -0.39 is 5.60 Å². The van der Waals surface area contributed by atoms with E-state index in [1.807, 2.05) is 65.8 Å². The van der Waals surface area contributed by atoms with E-state index in [2.05, 4.69) is 20.9 Å². The molecule has 9 heteroatoms. The maximum atomic E-state index is 12.2. The van der Waals surface area contributed by atoms with E-state index in [0.717, 1.165) is 43.1 Å². The Hall–Kier alpha value is -2.04. The predicted octanol–water partition coefficient (Wildman–Crippen LogP) is 4.35. The van der Waals surface area contributed by atoms with Crippen LogP contribution in [0.5, 0.6) is 0 Å². The average Bonchev–Trinajstić information content (AvgIpc) is 3.17. The number of carbonyl (C=O) groups is 2. The fourth-order valence-corrected chi connectivity index (χ4v) is 3.33. The lowest BCUT2D eigenvalue weighted by Gasteiger charge is -2.23. The summed E-state index contributed by atoms with van der Waals surface area (Å²) in [5.74, 6) is 0.826. The molecule has 0 spiro atoms. The lowest BCUT2D eigenvalue weighted by Crippen LogP contribution is -2.44. The zero-order valence-corrected chi connectivity index (χ0v) is 23.1. The molecular weight excluding hydrogens is 533 g/mol. The van der Waals surface area contributed by atoms with Crippen LogP contribution in [0.15, 0.2) is 29.3 Å². The number of hydrogen-bond acceptors (Lipinski definition) is 4. The molecule has 186 valence electrons. The highest BCUT2D eigenvalue weighted by Gasteiger charge is 2.27. The Bertz CT molecular complexity index is 810. The van der Waals surface area contributed by atoms with Gasteiger partial charge in [0.2, 0.25) is 5.91 Å². The quantitative estimate of drug-likeness (QED) is 0.256. The normalized spacial score (nSPS) is 17.1. The topological polar surface area (TPSA) is 95.1 Å². The van der Waals surface area contributed by atoms with Crippen molar-refractivity contribution in [3.8, 4) is 0 Å². The van der Waals surface area contributed by atoms with E-state index in [-0.39, 0.29) is 47.9 Å². The Morgan fingerprint density at radius 2 is 2.00 bits per heavy atom. The Morgan fingerprint density at radius 3 is 2.64 bits per heavy atom. The summed E-state index contributed by atoms with van der Waals surface area (Å²) < 4.78 is 5.36. The standard InChI is InChI=1S/C24H39N5O3.HI/c1-7-17(3)21(30)27-19-11-9-10-18(14-19)15-26-22(25-8-2)29-13-12-20(16-29)28-23(31)32-24(4,5)6;/h9-11,14,17,20H,7-8,12-13,15-16H2,1-6H3,(H,25,26)(H,27,30)(H,28,31);1H. The average molecular weight is 574 g/mol. The molecule has 2 amide bonds. The van der Waals surface area contributed by atoms with Crippen LogP contribution in [0.1, 0.15) is 59.9 Å². The highest BCUT2D eigenvalue weighted by Crippen LogP contribution is 2.15. The molecule has 1 heterocycles. The van der Waals surface area contributed by atoms with Crippen molar-refractivity contribution in [2.24, 2.45) is 10.9 Å². The Morgan fingerprint density at radius 1 is 1.27 bits per heavy atom. The third-order valence-corrected chi connectivity index (χ3v) is 5.21. The first-order chi connectivity index (χ1) is 15.1. The molecule has 0 saturated carbocycles. The van der Waals surface area contributed by atoms with Gasteiger partial charge >= 0.3 is 6.09 Å². The lowest BCUT2D eigenvalue weighted by molar-refractivity contribution is -0.119. The number of carbonyl (C=O) groups excluding carboxylic acids is 2. The minimum Gasteiger partial charge on any atom is -0.444 e. The number of benzene rings is 1. The van der Waals surface area contributed by atoms with Crippen LogP contribution in [0.4, 0.5) is 10.5 Å². The molecular formula is C24H40IN5O3. The number of anilines is 1. The number of nitrogens with one attached hydrogen (secondary N) is 3. The molecule has 0 aliphatic carbocycles. The largest absolute Gasteiger partial charge is 0.444 e. The van der Waals surface area contributed by atoms with Gasteiger partial charge in [0.25, 0.3) is 0 Å². The number of likely N-dealkylation sites (tertiary alicyclic amines) is 1. The van der Waals surface area contributed by atoms with Crippen molar-refractivity contribution in [3.05, 3.63) is 29.8 Å². The maximum Gasteiger partial charge on any atom is 0.407 e. The third-order valence-electron chi connectivity index (χ3n) is 5.21. The van der Waals surface area contributed by atoms with Crippen molar-refractivity contribution in [2.45, 2.75) is 72.6 Å². The molecule has 1 aromatic rings. The summed E-state index contributed by atoms with van der Waals surface area (Å²) in [4.78, 5) is 31.2. The van der Waals surface area contributed by atoms with Gasteiger partial charge in [0.1, 0.15) is 5.60 Å². The summed E-state index contributed by atoms with van der Waals surface area (Å²) >= 11 is 0. The van der Waals surface area contributed by atoms with Gasteiger partial charge in [0.15, 0.2) is 5.96 Å². The Balaban J connectivity index is 0.00000544. The first kappa shape index (κ1) is 29.0. The zero-order chi connectivity index (χ0) is 23.7. The van der Waals surface area contributed by atoms with Crippen molar-refractivity contribution in [2.75, 3.05) is 25.0 Å². The van der Waals surface area contributed by atoms with Gasteiger partial charge in [-0.3, -0.25) is 4.79 Å². The fraction of sp³-hybridized carbons (Fsp3) is 0.625. The molecule has 1 saturated heterocycles. The van der Waals surface area contributed by atoms with Crippen LogP contribution in [-0.4, -0.2) is 54.1 Å². The van der Waals surface area contributed by atoms with Crippen LogP contribution in [-0.2, 0) is 16.1 Å². The summed E-state index contributed by atoms with van der Waals surface area (Å²) in [6, 6.07) is 7.81. The SMILES string of the molecule is CCNC(=NCc1cccc(NC(=O)C(C)CC)c1)N1CCC(NC(=O)OC(C)(C)C)C1.I. The number of halogens is 1. The first-order valence-electron chi connectivity index (χ1n) is 11.5. The maximum absolute atomic E-state index is 12.2. The van der Waals surface area contributed by atoms with Gasteiger partial charge in [-0.05, 0) is 58.2 Å². The van der Waals surface area contributed by atoms with E-state index in [9.17, 15) is 9.59 Å². The molecule has 0 radical (unpaired) electrons. The van der Waals surface area contributed by atoms with Crippen LogP contribution >= 0.6 is 24.0 Å². The summed E-state index contributed by atoms with van der Waals surface area (Å²) in [6.45, 7) is 14.3. The number of amides is 2. The van der Waals surface area contributed by atoms with Crippen LogP contribution in [0.3, 0.4) is 0 Å². The molecule has 2 rings (SSSR count). The number of hydrogen-bond donors (Lipinski definition) is 3. The highest BCUT2D eigenvalue weighted by molar-refractivity contribution is 14.0. The fourth-order valence-electron chi connectivity index (χ4n) is 3.33.